The van der Waals surface area contributed by atoms with Crippen molar-refractivity contribution in [2.75, 3.05) is 25.5 Å². The number of para-hydroxylation sites is 1. The molecule has 1 aliphatic heterocycles. The first kappa shape index (κ1) is 22.1. The standard InChI is InChI=1S/C22H27ClN4O3/c1-15(21(28)25-13-17-5-3-4-6-19(17)30-2)27-11-9-16(10-12-27)22(29)26-20-8-7-18(23)14-24-20/h3-8,14-16H,9-13H2,1-2H3,(H,25,28)(H,24,26,29). The van der Waals surface area contributed by atoms with Crippen LogP contribution in [0.4, 0.5) is 5.82 Å². The molecule has 1 aromatic heterocycles. The van der Waals surface area contributed by atoms with Crippen LogP contribution in [-0.2, 0) is 16.1 Å². The van der Waals surface area contributed by atoms with Crippen LogP contribution in [0.1, 0.15) is 25.3 Å². The van der Waals surface area contributed by atoms with Crippen molar-refractivity contribution in [2.24, 2.45) is 5.92 Å². The Hall–Kier alpha value is -2.64. The summed E-state index contributed by atoms with van der Waals surface area (Å²) in [5.41, 5.74) is 0.937. The van der Waals surface area contributed by atoms with Crippen LogP contribution in [0.25, 0.3) is 0 Å². The van der Waals surface area contributed by atoms with E-state index in [1.165, 1.54) is 6.20 Å². The number of hydrogen-bond acceptors (Lipinski definition) is 5. The highest BCUT2D eigenvalue weighted by molar-refractivity contribution is 6.30. The SMILES string of the molecule is COc1ccccc1CNC(=O)C(C)N1CCC(C(=O)Nc2ccc(Cl)cn2)CC1. The predicted molar refractivity (Wildman–Crippen MR) is 116 cm³/mol. The van der Waals surface area contributed by atoms with Crippen molar-refractivity contribution in [1.29, 1.82) is 0 Å². The molecule has 1 fully saturated rings. The van der Waals surface area contributed by atoms with Gasteiger partial charge >= 0.3 is 0 Å². The highest BCUT2D eigenvalue weighted by Gasteiger charge is 2.29. The molecule has 1 aromatic carbocycles. The average molecular weight is 431 g/mol. The molecular formula is C22H27ClN4O3. The van der Waals surface area contributed by atoms with E-state index in [0.29, 0.717) is 43.3 Å². The van der Waals surface area contributed by atoms with Crippen molar-refractivity contribution in [1.82, 2.24) is 15.2 Å². The van der Waals surface area contributed by atoms with E-state index in [0.717, 1.165) is 11.3 Å². The first-order chi connectivity index (χ1) is 14.5. The van der Waals surface area contributed by atoms with Gasteiger partial charge in [0.25, 0.3) is 0 Å². The van der Waals surface area contributed by atoms with E-state index in [4.69, 9.17) is 16.3 Å². The number of carbonyl (C=O) groups is 2. The van der Waals surface area contributed by atoms with Crippen LogP contribution >= 0.6 is 11.6 Å². The molecule has 0 saturated carbocycles. The summed E-state index contributed by atoms with van der Waals surface area (Å²) in [6.45, 7) is 3.69. The van der Waals surface area contributed by atoms with Crippen molar-refractivity contribution in [3.8, 4) is 5.75 Å². The van der Waals surface area contributed by atoms with Gasteiger partial charge in [0.15, 0.2) is 0 Å². The monoisotopic (exact) mass is 430 g/mol. The highest BCUT2D eigenvalue weighted by Crippen LogP contribution is 2.21. The Labute approximate surface area is 181 Å². The van der Waals surface area contributed by atoms with Crippen molar-refractivity contribution < 1.29 is 14.3 Å². The van der Waals surface area contributed by atoms with Crippen molar-refractivity contribution in [2.45, 2.75) is 32.4 Å². The molecule has 1 unspecified atom stereocenters. The van der Waals surface area contributed by atoms with Crippen LogP contribution in [0.5, 0.6) is 5.75 Å². The second-order valence-corrected chi connectivity index (χ2v) is 7.80. The van der Waals surface area contributed by atoms with Gasteiger partial charge in [-0.2, -0.15) is 0 Å². The first-order valence-electron chi connectivity index (χ1n) is 10.0. The lowest BCUT2D eigenvalue weighted by Gasteiger charge is -2.34. The summed E-state index contributed by atoms with van der Waals surface area (Å²) in [4.78, 5) is 31.3. The Morgan fingerprint density at radius 2 is 1.97 bits per heavy atom. The lowest BCUT2D eigenvalue weighted by Crippen LogP contribution is -2.49. The normalized spacial score (nSPS) is 16.0. The third-order valence-electron chi connectivity index (χ3n) is 5.45. The fraction of sp³-hybridized carbons (Fsp3) is 0.409. The summed E-state index contributed by atoms with van der Waals surface area (Å²) in [5, 5.41) is 6.35. The summed E-state index contributed by atoms with van der Waals surface area (Å²) < 4.78 is 5.33. The van der Waals surface area contributed by atoms with E-state index < -0.39 is 0 Å². The minimum Gasteiger partial charge on any atom is -0.496 e. The molecule has 0 spiro atoms. The fourth-order valence-electron chi connectivity index (χ4n) is 3.57. The lowest BCUT2D eigenvalue weighted by molar-refractivity contribution is -0.127. The van der Waals surface area contributed by atoms with Crippen LogP contribution in [0, 0.1) is 5.92 Å². The third kappa shape index (κ3) is 5.70. The number of nitrogens with one attached hydrogen (secondary N) is 2. The van der Waals surface area contributed by atoms with E-state index in [1.807, 2.05) is 31.2 Å². The number of pyridine rings is 1. The van der Waals surface area contributed by atoms with Crippen LogP contribution in [0.2, 0.25) is 5.02 Å². The van der Waals surface area contributed by atoms with Crippen LogP contribution in [-0.4, -0.2) is 47.9 Å². The molecule has 1 aliphatic rings. The molecular weight excluding hydrogens is 404 g/mol. The molecule has 160 valence electrons. The number of aromatic nitrogens is 1. The average Bonchev–Trinajstić information content (AvgIpc) is 2.78. The Balaban J connectivity index is 1.46. The number of hydrogen-bond donors (Lipinski definition) is 2. The molecule has 0 aliphatic carbocycles. The van der Waals surface area contributed by atoms with E-state index in [1.54, 1.807) is 19.2 Å². The van der Waals surface area contributed by atoms with Crippen molar-refractivity contribution in [3.05, 3.63) is 53.2 Å². The van der Waals surface area contributed by atoms with Gasteiger partial charge in [-0.15, -0.1) is 0 Å². The Kier molecular flexibility index (Phi) is 7.65. The van der Waals surface area contributed by atoms with E-state index in [9.17, 15) is 9.59 Å². The highest BCUT2D eigenvalue weighted by atomic mass is 35.5. The third-order valence-corrected chi connectivity index (χ3v) is 5.68. The number of rotatable bonds is 7. The predicted octanol–water partition coefficient (Wildman–Crippen LogP) is 3.10. The van der Waals surface area contributed by atoms with E-state index >= 15 is 0 Å². The van der Waals surface area contributed by atoms with Gasteiger partial charge < -0.3 is 15.4 Å². The molecule has 0 radical (unpaired) electrons. The van der Waals surface area contributed by atoms with Gasteiger partial charge in [-0.3, -0.25) is 14.5 Å². The molecule has 8 heteroatoms. The number of likely N-dealkylation sites (tertiary alicyclic amines) is 1. The molecule has 2 amide bonds. The molecule has 2 N–H and O–H groups in total. The Morgan fingerprint density at radius 1 is 1.23 bits per heavy atom. The van der Waals surface area contributed by atoms with Gasteiger partial charge in [0.05, 0.1) is 18.2 Å². The number of amides is 2. The Morgan fingerprint density at radius 3 is 2.63 bits per heavy atom. The zero-order valence-electron chi connectivity index (χ0n) is 17.2. The van der Waals surface area contributed by atoms with Crippen LogP contribution in [0.15, 0.2) is 42.6 Å². The molecule has 2 heterocycles. The van der Waals surface area contributed by atoms with Crippen molar-refractivity contribution in [3.63, 3.8) is 0 Å². The second-order valence-electron chi connectivity index (χ2n) is 7.37. The number of piperidine rings is 1. The second kappa shape index (κ2) is 10.4. The molecule has 2 aromatic rings. The number of nitrogens with zero attached hydrogens (tertiary/aromatic N) is 2. The number of anilines is 1. The maximum absolute atomic E-state index is 12.6. The summed E-state index contributed by atoms with van der Waals surface area (Å²) in [6.07, 6.45) is 2.90. The van der Waals surface area contributed by atoms with Gasteiger partial charge in [0.1, 0.15) is 11.6 Å². The molecule has 1 atom stereocenters. The minimum atomic E-state index is -0.262. The first-order valence-corrected chi connectivity index (χ1v) is 10.4. The minimum absolute atomic E-state index is 0.0332. The number of methoxy groups -OCH3 is 1. The number of halogens is 1. The topological polar surface area (TPSA) is 83.6 Å². The van der Waals surface area contributed by atoms with E-state index in [-0.39, 0.29) is 23.8 Å². The maximum Gasteiger partial charge on any atom is 0.237 e. The van der Waals surface area contributed by atoms with Gasteiger partial charge in [-0.25, -0.2) is 4.98 Å². The van der Waals surface area contributed by atoms with Gasteiger partial charge in [-0.1, -0.05) is 29.8 Å². The molecule has 0 bridgehead atoms. The lowest BCUT2D eigenvalue weighted by atomic mass is 9.95. The smallest absolute Gasteiger partial charge is 0.237 e. The molecule has 3 rings (SSSR count). The van der Waals surface area contributed by atoms with Crippen molar-refractivity contribution >= 4 is 29.2 Å². The summed E-state index contributed by atoms with van der Waals surface area (Å²) >= 11 is 5.82. The van der Waals surface area contributed by atoms with Crippen LogP contribution in [0.3, 0.4) is 0 Å². The largest absolute Gasteiger partial charge is 0.496 e. The molecule has 1 saturated heterocycles. The number of ether oxygens (including phenoxy) is 1. The van der Waals surface area contributed by atoms with Crippen LogP contribution < -0.4 is 15.4 Å². The van der Waals surface area contributed by atoms with Gasteiger partial charge in [0.2, 0.25) is 11.8 Å². The fourth-order valence-corrected chi connectivity index (χ4v) is 3.68. The zero-order chi connectivity index (χ0) is 21.5. The van der Waals surface area contributed by atoms with Gasteiger partial charge in [0, 0.05) is 24.2 Å². The number of carbonyl (C=O) groups excluding carboxylic acids is 2. The zero-order valence-corrected chi connectivity index (χ0v) is 18.0. The maximum atomic E-state index is 12.6. The van der Waals surface area contributed by atoms with Gasteiger partial charge in [-0.05, 0) is 51.1 Å². The molecule has 30 heavy (non-hydrogen) atoms. The quantitative estimate of drug-likeness (QED) is 0.705. The summed E-state index contributed by atoms with van der Waals surface area (Å²) in [6, 6.07) is 10.7. The summed E-state index contributed by atoms with van der Waals surface area (Å²) in [5.74, 6) is 1.08. The molecule has 7 nitrogen and oxygen atoms in total. The van der Waals surface area contributed by atoms with E-state index in [2.05, 4.69) is 20.5 Å². The summed E-state index contributed by atoms with van der Waals surface area (Å²) in [7, 11) is 1.62. The number of benzene rings is 1. The Bertz CT molecular complexity index is 867.